The standard InChI is InChI=1S/C24H41N5O2.HI/c1-7-25-24(27(6)18-23(30)29(8-2)9-3)26-14-21-10-12-22(13-11-21)17-28-15-19(4)31-20(5)16-28;/h10-13,19-20H,7-9,14-18H2,1-6H3,(H,25,26);1H. The number of halogens is 1. The minimum atomic E-state index is 0. The van der Waals surface area contributed by atoms with Crippen molar-refractivity contribution in [1.82, 2.24) is 20.0 Å². The van der Waals surface area contributed by atoms with E-state index in [1.54, 1.807) is 0 Å². The highest BCUT2D eigenvalue weighted by atomic mass is 127. The number of carbonyl (C=O) groups excluding carboxylic acids is 1. The average Bonchev–Trinajstić information content (AvgIpc) is 2.72. The van der Waals surface area contributed by atoms with Crippen molar-refractivity contribution < 1.29 is 9.53 Å². The molecule has 1 aromatic rings. The molecule has 0 aromatic heterocycles. The summed E-state index contributed by atoms with van der Waals surface area (Å²) in [5, 5.41) is 3.29. The Balaban J connectivity index is 0.00000512. The zero-order valence-corrected chi connectivity index (χ0v) is 23.0. The second kappa shape index (κ2) is 14.7. The van der Waals surface area contributed by atoms with E-state index in [0.717, 1.165) is 50.8 Å². The fourth-order valence-corrected chi connectivity index (χ4v) is 4.01. The molecule has 0 spiro atoms. The summed E-state index contributed by atoms with van der Waals surface area (Å²) in [6, 6.07) is 8.68. The van der Waals surface area contributed by atoms with E-state index in [2.05, 4.69) is 48.3 Å². The summed E-state index contributed by atoms with van der Waals surface area (Å²) in [6.07, 6.45) is 0.569. The van der Waals surface area contributed by atoms with Crippen molar-refractivity contribution in [1.29, 1.82) is 0 Å². The Morgan fingerprint density at radius 1 is 1.09 bits per heavy atom. The average molecular weight is 560 g/mol. The molecule has 1 saturated heterocycles. The van der Waals surface area contributed by atoms with Crippen LogP contribution in [0.3, 0.4) is 0 Å². The van der Waals surface area contributed by atoms with Crippen LogP contribution in [0.15, 0.2) is 29.3 Å². The van der Waals surface area contributed by atoms with Gasteiger partial charge in [0.1, 0.15) is 0 Å². The van der Waals surface area contributed by atoms with Crippen LogP contribution in [0.4, 0.5) is 0 Å². The molecule has 182 valence electrons. The van der Waals surface area contributed by atoms with Gasteiger partial charge in [0.15, 0.2) is 5.96 Å². The van der Waals surface area contributed by atoms with Gasteiger partial charge in [-0.1, -0.05) is 24.3 Å². The van der Waals surface area contributed by atoms with Crippen molar-refractivity contribution in [3.05, 3.63) is 35.4 Å². The Labute approximate surface area is 211 Å². The molecule has 1 N–H and O–H groups in total. The summed E-state index contributed by atoms with van der Waals surface area (Å²) >= 11 is 0. The van der Waals surface area contributed by atoms with Crippen LogP contribution in [0.2, 0.25) is 0 Å². The summed E-state index contributed by atoms with van der Waals surface area (Å²) < 4.78 is 5.83. The number of ether oxygens (including phenoxy) is 1. The highest BCUT2D eigenvalue weighted by Gasteiger charge is 2.22. The normalized spacial score (nSPS) is 19.2. The maximum atomic E-state index is 12.4. The lowest BCUT2D eigenvalue weighted by Crippen LogP contribution is -2.45. The first kappa shape index (κ1) is 28.6. The molecule has 1 aliphatic heterocycles. The van der Waals surface area contributed by atoms with Crippen molar-refractivity contribution in [3.63, 3.8) is 0 Å². The molecule has 32 heavy (non-hydrogen) atoms. The van der Waals surface area contributed by atoms with Crippen LogP contribution in [-0.4, -0.2) is 85.1 Å². The third-order valence-electron chi connectivity index (χ3n) is 5.52. The van der Waals surface area contributed by atoms with E-state index in [4.69, 9.17) is 9.73 Å². The third-order valence-corrected chi connectivity index (χ3v) is 5.52. The summed E-state index contributed by atoms with van der Waals surface area (Å²) in [7, 11) is 1.91. The van der Waals surface area contributed by atoms with Crippen molar-refractivity contribution in [2.24, 2.45) is 4.99 Å². The highest BCUT2D eigenvalue weighted by molar-refractivity contribution is 14.0. The van der Waals surface area contributed by atoms with Gasteiger partial charge in [-0.05, 0) is 45.7 Å². The monoisotopic (exact) mass is 559 g/mol. The lowest BCUT2D eigenvalue weighted by Gasteiger charge is -2.35. The van der Waals surface area contributed by atoms with Crippen molar-refractivity contribution in [3.8, 4) is 0 Å². The molecule has 1 aromatic carbocycles. The minimum absolute atomic E-state index is 0. The molecule has 1 aliphatic rings. The van der Waals surface area contributed by atoms with Crippen LogP contribution in [0.1, 0.15) is 45.7 Å². The first-order chi connectivity index (χ1) is 14.9. The number of guanidine groups is 1. The van der Waals surface area contributed by atoms with Crippen molar-refractivity contribution in [2.75, 3.05) is 46.3 Å². The molecule has 0 radical (unpaired) electrons. The number of nitrogens with zero attached hydrogens (tertiary/aromatic N) is 4. The second-order valence-corrected chi connectivity index (χ2v) is 8.36. The fourth-order valence-electron chi connectivity index (χ4n) is 4.01. The molecule has 1 heterocycles. The van der Waals surface area contributed by atoms with Gasteiger partial charge in [-0.25, -0.2) is 4.99 Å². The fraction of sp³-hybridized carbons (Fsp3) is 0.667. The largest absolute Gasteiger partial charge is 0.373 e. The molecular formula is C24H42IN5O2. The highest BCUT2D eigenvalue weighted by Crippen LogP contribution is 2.15. The van der Waals surface area contributed by atoms with E-state index in [1.165, 1.54) is 5.56 Å². The molecule has 2 unspecified atom stereocenters. The predicted molar refractivity (Wildman–Crippen MR) is 143 cm³/mol. The molecular weight excluding hydrogens is 517 g/mol. The first-order valence-corrected chi connectivity index (χ1v) is 11.6. The summed E-state index contributed by atoms with van der Waals surface area (Å²) in [6.45, 7) is 16.3. The molecule has 2 rings (SSSR count). The topological polar surface area (TPSA) is 60.4 Å². The van der Waals surface area contributed by atoms with Gasteiger partial charge in [0.25, 0.3) is 0 Å². The molecule has 0 aliphatic carbocycles. The molecule has 8 heteroatoms. The Morgan fingerprint density at radius 2 is 1.66 bits per heavy atom. The molecule has 2 atom stereocenters. The lowest BCUT2D eigenvalue weighted by atomic mass is 10.1. The van der Waals surface area contributed by atoms with Crippen LogP contribution in [0, 0.1) is 0 Å². The lowest BCUT2D eigenvalue weighted by molar-refractivity contribution is -0.131. The number of aliphatic imine (C=N–C) groups is 1. The maximum absolute atomic E-state index is 12.4. The number of carbonyl (C=O) groups is 1. The number of hydrogen-bond acceptors (Lipinski definition) is 4. The van der Waals surface area contributed by atoms with E-state index in [-0.39, 0.29) is 42.1 Å². The van der Waals surface area contributed by atoms with Crippen LogP contribution in [0.25, 0.3) is 0 Å². The SMILES string of the molecule is CCNC(=NCc1ccc(CN2CC(C)OC(C)C2)cc1)N(C)CC(=O)N(CC)CC.I. The zero-order chi connectivity index (χ0) is 22.8. The number of amides is 1. The van der Waals surface area contributed by atoms with Crippen LogP contribution in [0.5, 0.6) is 0 Å². The van der Waals surface area contributed by atoms with E-state index < -0.39 is 0 Å². The Morgan fingerprint density at radius 3 is 2.19 bits per heavy atom. The summed E-state index contributed by atoms with van der Waals surface area (Å²) in [4.78, 5) is 23.4. The van der Waals surface area contributed by atoms with Gasteiger partial charge in [0, 0.05) is 46.3 Å². The van der Waals surface area contributed by atoms with E-state index >= 15 is 0 Å². The van der Waals surface area contributed by atoms with Crippen LogP contribution in [-0.2, 0) is 22.6 Å². The Hall–Kier alpha value is -1.39. The van der Waals surface area contributed by atoms with Gasteiger partial charge in [-0.3, -0.25) is 9.69 Å². The van der Waals surface area contributed by atoms with Gasteiger partial charge in [0.05, 0.1) is 25.3 Å². The molecule has 7 nitrogen and oxygen atoms in total. The number of nitrogens with one attached hydrogen (secondary N) is 1. The van der Waals surface area contributed by atoms with Gasteiger partial charge in [0.2, 0.25) is 5.91 Å². The Kier molecular flexibility index (Phi) is 13.2. The summed E-state index contributed by atoms with van der Waals surface area (Å²) in [5.74, 6) is 0.873. The zero-order valence-electron chi connectivity index (χ0n) is 20.6. The number of hydrogen-bond donors (Lipinski definition) is 1. The van der Waals surface area contributed by atoms with Gasteiger partial charge < -0.3 is 19.9 Å². The molecule has 0 bridgehead atoms. The molecule has 1 amide bonds. The maximum Gasteiger partial charge on any atom is 0.242 e. The molecule has 1 fully saturated rings. The van der Waals surface area contributed by atoms with E-state index in [1.807, 2.05) is 37.6 Å². The predicted octanol–water partition coefficient (Wildman–Crippen LogP) is 3.18. The van der Waals surface area contributed by atoms with Crippen molar-refractivity contribution >= 4 is 35.8 Å². The second-order valence-electron chi connectivity index (χ2n) is 8.36. The molecule has 0 saturated carbocycles. The number of morpholine rings is 1. The number of benzene rings is 1. The quantitative estimate of drug-likeness (QED) is 0.286. The third kappa shape index (κ3) is 9.23. The minimum Gasteiger partial charge on any atom is -0.373 e. The van der Waals surface area contributed by atoms with Gasteiger partial charge in [-0.2, -0.15) is 0 Å². The first-order valence-electron chi connectivity index (χ1n) is 11.6. The van der Waals surface area contributed by atoms with E-state index in [0.29, 0.717) is 13.1 Å². The van der Waals surface area contributed by atoms with Gasteiger partial charge in [-0.15, -0.1) is 24.0 Å². The Bertz CT molecular complexity index is 699. The van der Waals surface area contributed by atoms with Crippen LogP contribution >= 0.6 is 24.0 Å². The van der Waals surface area contributed by atoms with E-state index in [9.17, 15) is 4.79 Å². The van der Waals surface area contributed by atoms with Crippen LogP contribution < -0.4 is 5.32 Å². The smallest absolute Gasteiger partial charge is 0.242 e. The summed E-state index contributed by atoms with van der Waals surface area (Å²) in [5.41, 5.74) is 2.47. The van der Waals surface area contributed by atoms with Gasteiger partial charge >= 0.3 is 0 Å². The number of rotatable bonds is 9. The number of likely N-dealkylation sites (N-methyl/N-ethyl adjacent to an activating group) is 2. The van der Waals surface area contributed by atoms with Crippen molar-refractivity contribution in [2.45, 2.75) is 59.9 Å².